The molecule has 122 valence electrons. The number of sulfonamides is 1. The van der Waals surface area contributed by atoms with E-state index >= 15 is 0 Å². The molecule has 0 bridgehead atoms. The van der Waals surface area contributed by atoms with Gasteiger partial charge in [-0.15, -0.1) is 0 Å². The van der Waals surface area contributed by atoms with Crippen LogP contribution in [0.25, 0.3) is 0 Å². The van der Waals surface area contributed by atoms with E-state index in [9.17, 15) is 17.9 Å². The van der Waals surface area contributed by atoms with Crippen molar-refractivity contribution in [2.45, 2.75) is 31.8 Å². The van der Waals surface area contributed by atoms with Crippen molar-refractivity contribution in [3.8, 4) is 0 Å². The van der Waals surface area contributed by atoms with Gasteiger partial charge in [-0.05, 0) is 49.8 Å². The molecule has 3 rings (SSSR count). The lowest BCUT2D eigenvalue weighted by Crippen LogP contribution is -2.43. The van der Waals surface area contributed by atoms with Gasteiger partial charge < -0.3 is 5.11 Å². The zero-order valence-electron chi connectivity index (χ0n) is 12.7. The Bertz CT molecular complexity index is 646. The maximum Gasteiger partial charge on any atom is 0.213 e. The van der Waals surface area contributed by atoms with Gasteiger partial charge in [-0.1, -0.05) is 12.1 Å². The molecule has 1 aliphatic heterocycles. The number of benzene rings is 1. The molecule has 2 fully saturated rings. The Morgan fingerprint density at radius 2 is 2.00 bits per heavy atom. The van der Waals surface area contributed by atoms with Crippen molar-refractivity contribution in [2.75, 3.05) is 18.8 Å². The molecule has 0 spiro atoms. The minimum Gasteiger partial charge on any atom is -0.385 e. The molecule has 1 aromatic carbocycles. The fraction of sp³-hybridized carbons (Fsp3) is 0.625. The monoisotopic (exact) mass is 327 g/mol. The molecule has 4 nitrogen and oxygen atoms in total. The third kappa shape index (κ3) is 2.57. The summed E-state index contributed by atoms with van der Waals surface area (Å²) < 4.78 is 38.9. The Balaban J connectivity index is 1.92. The number of rotatable bonds is 3. The first kappa shape index (κ1) is 15.9. The normalized spacial score (nSPS) is 32.9. The Labute approximate surface area is 131 Å². The topological polar surface area (TPSA) is 57.6 Å². The standard InChI is InChI=1S/C16H22FNO3S/c1-2-22(20,21)18-10-12-4-3-9-16(19,15(12)11-18)13-5-7-14(17)8-6-13/h5-8,12,15,19H,2-4,9-11H2,1H3. The molecule has 2 aliphatic rings. The van der Waals surface area contributed by atoms with Gasteiger partial charge in [0.15, 0.2) is 0 Å². The quantitative estimate of drug-likeness (QED) is 0.925. The number of halogens is 1. The second-order valence-electron chi connectivity index (χ2n) is 6.41. The second kappa shape index (κ2) is 5.58. The van der Waals surface area contributed by atoms with Crippen molar-refractivity contribution in [1.82, 2.24) is 4.31 Å². The zero-order valence-corrected chi connectivity index (χ0v) is 13.5. The van der Waals surface area contributed by atoms with Gasteiger partial charge in [-0.3, -0.25) is 0 Å². The summed E-state index contributed by atoms with van der Waals surface area (Å²) in [6.45, 7) is 2.49. The smallest absolute Gasteiger partial charge is 0.213 e. The number of hydrogen-bond acceptors (Lipinski definition) is 3. The fourth-order valence-electron chi connectivity index (χ4n) is 3.99. The van der Waals surface area contributed by atoms with Crippen LogP contribution in [0.1, 0.15) is 31.7 Å². The van der Waals surface area contributed by atoms with Gasteiger partial charge in [0.1, 0.15) is 5.82 Å². The molecular formula is C16H22FNO3S. The maximum absolute atomic E-state index is 13.1. The summed E-state index contributed by atoms with van der Waals surface area (Å²) in [5.74, 6) is -0.194. The molecule has 3 unspecified atom stereocenters. The zero-order chi connectivity index (χ0) is 16.0. The number of nitrogens with zero attached hydrogens (tertiary/aromatic N) is 1. The van der Waals surface area contributed by atoms with E-state index in [1.54, 1.807) is 19.1 Å². The summed E-state index contributed by atoms with van der Waals surface area (Å²) in [7, 11) is -3.23. The Hall–Kier alpha value is -0.980. The van der Waals surface area contributed by atoms with Crippen molar-refractivity contribution < 1.29 is 17.9 Å². The summed E-state index contributed by atoms with van der Waals surface area (Å²) in [6, 6.07) is 5.95. The second-order valence-corrected chi connectivity index (χ2v) is 8.67. The van der Waals surface area contributed by atoms with Crippen LogP contribution in [-0.2, 0) is 15.6 Å². The lowest BCUT2D eigenvalue weighted by molar-refractivity contribution is -0.0641. The molecule has 1 aromatic rings. The minimum atomic E-state index is -3.23. The summed E-state index contributed by atoms with van der Waals surface area (Å²) in [6.07, 6.45) is 2.39. The predicted octanol–water partition coefficient (Wildman–Crippen LogP) is 2.09. The fourth-order valence-corrected chi connectivity index (χ4v) is 5.16. The van der Waals surface area contributed by atoms with Crippen molar-refractivity contribution in [1.29, 1.82) is 0 Å². The predicted molar refractivity (Wildman–Crippen MR) is 82.2 cm³/mol. The molecule has 1 N–H and O–H groups in total. The Morgan fingerprint density at radius 1 is 1.32 bits per heavy atom. The average molecular weight is 327 g/mol. The third-order valence-electron chi connectivity index (χ3n) is 5.26. The highest BCUT2D eigenvalue weighted by Gasteiger charge is 2.51. The highest BCUT2D eigenvalue weighted by atomic mass is 32.2. The molecule has 1 saturated carbocycles. The highest BCUT2D eigenvalue weighted by molar-refractivity contribution is 7.89. The van der Waals surface area contributed by atoms with Crippen molar-refractivity contribution in [3.05, 3.63) is 35.6 Å². The SMILES string of the molecule is CCS(=O)(=O)N1CC2CCCC(O)(c3ccc(F)cc3)C2C1. The van der Waals surface area contributed by atoms with Crippen LogP contribution in [0.4, 0.5) is 4.39 Å². The van der Waals surface area contributed by atoms with Crippen molar-refractivity contribution >= 4 is 10.0 Å². The van der Waals surface area contributed by atoms with Crippen LogP contribution >= 0.6 is 0 Å². The van der Waals surface area contributed by atoms with E-state index in [0.29, 0.717) is 25.1 Å². The highest BCUT2D eigenvalue weighted by Crippen LogP contribution is 2.48. The van der Waals surface area contributed by atoms with Gasteiger partial charge in [0.05, 0.1) is 11.4 Å². The largest absolute Gasteiger partial charge is 0.385 e. The van der Waals surface area contributed by atoms with E-state index in [2.05, 4.69) is 0 Å². The molecule has 22 heavy (non-hydrogen) atoms. The molecule has 0 amide bonds. The first-order chi connectivity index (χ1) is 10.4. The van der Waals surface area contributed by atoms with Crippen molar-refractivity contribution in [3.63, 3.8) is 0 Å². The number of fused-ring (bicyclic) bond motifs is 1. The summed E-state index contributed by atoms with van der Waals surface area (Å²) in [5.41, 5.74) is -0.367. The molecule has 3 atom stereocenters. The van der Waals surface area contributed by atoms with Gasteiger partial charge >= 0.3 is 0 Å². The van der Waals surface area contributed by atoms with Gasteiger partial charge in [0, 0.05) is 19.0 Å². The first-order valence-electron chi connectivity index (χ1n) is 7.83. The van der Waals surface area contributed by atoms with Crippen LogP contribution in [0, 0.1) is 17.7 Å². The van der Waals surface area contributed by atoms with Crippen LogP contribution in [0.2, 0.25) is 0 Å². The molecule has 1 heterocycles. The summed E-state index contributed by atoms with van der Waals surface area (Å²) >= 11 is 0. The number of aliphatic hydroxyl groups is 1. The molecule has 0 aromatic heterocycles. The molecule has 0 radical (unpaired) electrons. The minimum absolute atomic E-state index is 0.0847. The summed E-state index contributed by atoms with van der Waals surface area (Å²) in [4.78, 5) is 0. The third-order valence-corrected chi connectivity index (χ3v) is 7.07. The maximum atomic E-state index is 13.1. The first-order valence-corrected chi connectivity index (χ1v) is 9.44. The molecule has 1 aliphatic carbocycles. The Morgan fingerprint density at radius 3 is 2.64 bits per heavy atom. The van der Waals surface area contributed by atoms with E-state index < -0.39 is 15.6 Å². The van der Waals surface area contributed by atoms with E-state index in [1.807, 2.05) is 0 Å². The van der Waals surface area contributed by atoms with Crippen LogP contribution in [0.15, 0.2) is 24.3 Å². The molecular weight excluding hydrogens is 305 g/mol. The average Bonchev–Trinajstić information content (AvgIpc) is 2.94. The van der Waals surface area contributed by atoms with E-state index in [0.717, 1.165) is 12.8 Å². The van der Waals surface area contributed by atoms with Gasteiger partial charge in [0.25, 0.3) is 0 Å². The van der Waals surface area contributed by atoms with Crippen LogP contribution < -0.4 is 0 Å². The lowest BCUT2D eigenvalue weighted by Gasteiger charge is -2.41. The van der Waals surface area contributed by atoms with Crippen LogP contribution in [0.3, 0.4) is 0 Å². The van der Waals surface area contributed by atoms with Crippen LogP contribution in [-0.4, -0.2) is 36.7 Å². The van der Waals surface area contributed by atoms with Gasteiger partial charge in [0.2, 0.25) is 10.0 Å². The molecule has 1 saturated heterocycles. The van der Waals surface area contributed by atoms with Gasteiger partial charge in [-0.2, -0.15) is 0 Å². The summed E-state index contributed by atoms with van der Waals surface area (Å²) in [5, 5.41) is 11.2. The van der Waals surface area contributed by atoms with Crippen molar-refractivity contribution in [2.24, 2.45) is 11.8 Å². The Kier molecular flexibility index (Phi) is 4.03. The number of hydrogen-bond donors (Lipinski definition) is 1. The lowest BCUT2D eigenvalue weighted by atomic mass is 9.67. The van der Waals surface area contributed by atoms with E-state index in [1.165, 1.54) is 16.4 Å². The van der Waals surface area contributed by atoms with E-state index in [-0.39, 0.29) is 23.4 Å². The molecule has 6 heteroatoms. The van der Waals surface area contributed by atoms with Gasteiger partial charge in [-0.25, -0.2) is 17.1 Å². The van der Waals surface area contributed by atoms with E-state index in [4.69, 9.17) is 0 Å². The van der Waals surface area contributed by atoms with Crippen LogP contribution in [0.5, 0.6) is 0 Å².